The molecule has 0 aliphatic carbocycles. The number of methoxy groups -OCH3 is 2. The van der Waals surface area contributed by atoms with E-state index in [0.717, 1.165) is 11.4 Å². The molecule has 144 valence electrons. The van der Waals surface area contributed by atoms with Crippen molar-refractivity contribution in [2.24, 2.45) is 0 Å². The van der Waals surface area contributed by atoms with Crippen molar-refractivity contribution < 1.29 is 9.47 Å². The summed E-state index contributed by atoms with van der Waals surface area (Å²) in [7, 11) is 3.28. The van der Waals surface area contributed by atoms with Crippen LogP contribution in [0.3, 0.4) is 0 Å². The van der Waals surface area contributed by atoms with Crippen molar-refractivity contribution in [1.82, 2.24) is 4.90 Å². The van der Waals surface area contributed by atoms with Crippen LogP contribution in [-0.4, -0.2) is 24.2 Å². The molecule has 0 aliphatic rings. The number of nitrogens with zero attached hydrogens (tertiary/aromatic N) is 1. The van der Waals surface area contributed by atoms with Gasteiger partial charge in [-0.1, -0.05) is 60.7 Å². The Morgan fingerprint density at radius 1 is 0.821 bits per heavy atom. The molecule has 0 aliphatic heterocycles. The van der Waals surface area contributed by atoms with Gasteiger partial charge >= 0.3 is 0 Å². The number of rotatable bonds is 7. The number of hydrogen-bond acceptors (Lipinski definition) is 3. The van der Waals surface area contributed by atoms with Gasteiger partial charge in [0.2, 0.25) is 0 Å². The van der Waals surface area contributed by atoms with Crippen LogP contribution in [0.5, 0.6) is 11.5 Å². The summed E-state index contributed by atoms with van der Waals surface area (Å²) in [6, 6.07) is 26.2. The highest BCUT2D eigenvalue weighted by molar-refractivity contribution is 7.80. The minimum Gasteiger partial charge on any atom is -0.497 e. The maximum atomic E-state index is 5.76. The average Bonchev–Trinajstić information content (AvgIpc) is 2.74. The van der Waals surface area contributed by atoms with E-state index < -0.39 is 0 Å². The third kappa shape index (κ3) is 5.24. The summed E-state index contributed by atoms with van der Waals surface area (Å²) in [4.78, 5) is 2.14. The Hall–Kier alpha value is -3.05. The summed E-state index contributed by atoms with van der Waals surface area (Å²) in [5.74, 6) is 1.45. The summed E-state index contributed by atoms with van der Waals surface area (Å²) in [6.45, 7) is 1.40. The Kier molecular flexibility index (Phi) is 6.87. The zero-order chi connectivity index (χ0) is 19.8. The molecule has 0 aromatic heterocycles. The Morgan fingerprint density at radius 3 is 1.89 bits per heavy atom. The molecule has 28 heavy (non-hydrogen) atoms. The van der Waals surface area contributed by atoms with Crippen LogP contribution in [0.15, 0.2) is 78.9 Å². The molecule has 5 heteroatoms. The second-order valence-corrected chi connectivity index (χ2v) is 6.71. The molecule has 0 bridgehead atoms. The van der Waals surface area contributed by atoms with Crippen molar-refractivity contribution in [1.29, 1.82) is 0 Å². The van der Waals surface area contributed by atoms with E-state index in [1.807, 2.05) is 54.6 Å². The van der Waals surface area contributed by atoms with E-state index in [9.17, 15) is 0 Å². The Bertz CT molecular complexity index is 859. The summed E-state index contributed by atoms with van der Waals surface area (Å²) < 4.78 is 10.8. The van der Waals surface area contributed by atoms with Crippen LogP contribution in [0, 0.1) is 0 Å². The fraction of sp³-hybridized carbons (Fsp3) is 0.174. The third-order valence-electron chi connectivity index (χ3n) is 4.37. The zero-order valence-corrected chi connectivity index (χ0v) is 16.9. The second kappa shape index (κ2) is 9.76. The van der Waals surface area contributed by atoms with Gasteiger partial charge in [0, 0.05) is 19.2 Å². The number of ether oxygens (including phenoxy) is 2. The van der Waals surface area contributed by atoms with Gasteiger partial charge in [0.1, 0.15) is 11.5 Å². The molecule has 3 aromatic rings. The smallest absolute Gasteiger partial charge is 0.174 e. The van der Waals surface area contributed by atoms with E-state index >= 15 is 0 Å². The maximum absolute atomic E-state index is 5.76. The monoisotopic (exact) mass is 392 g/mol. The molecule has 4 nitrogen and oxygen atoms in total. The van der Waals surface area contributed by atoms with Gasteiger partial charge in [-0.3, -0.25) is 0 Å². The Labute approximate surface area is 171 Å². The van der Waals surface area contributed by atoms with Crippen molar-refractivity contribution >= 4 is 23.0 Å². The first kappa shape index (κ1) is 19.7. The van der Waals surface area contributed by atoms with Crippen molar-refractivity contribution in [3.63, 3.8) is 0 Å². The molecule has 0 spiro atoms. The van der Waals surface area contributed by atoms with Crippen molar-refractivity contribution in [3.05, 3.63) is 90.0 Å². The van der Waals surface area contributed by atoms with Crippen LogP contribution in [0.25, 0.3) is 0 Å². The average molecular weight is 393 g/mol. The number of thiocarbonyl (C=S) groups is 1. The van der Waals surface area contributed by atoms with Gasteiger partial charge in [-0.25, -0.2) is 0 Å². The van der Waals surface area contributed by atoms with Gasteiger partial charge in [0.15, 0.2) is 5.11 Å². The number of nitrogens with one attached hydrogen (secondary N) is 1. The Morgan fingerprint density at radius 2 is 1.39 bits per heavy atom. The minimum absolute atomic E-state index is 0.624. The highest BCUT2D eigenvalue weighted by atomic mass is 32.1. The van der Waals surface area contributed by atoms with Gasteiger partial charge in [0.25, 0.3) is 0 Å². The zero-order valence-electron chi connectivity index (χ0n) is 16.1. The van der Waals surface area contributed by atoms with E-state index in [0.29, 0.717) is 24.0 Å². The first-order valence-electron chi connectivity index (χ1n) is 9.05. The molecule has 0 radical (unpaired) electrons. The first-order valence-corrected chi connectivity index (χ1v) is 9.46. The predicted molar refractivity (Wildman–Crippen MR) is 118 cm³/mol. The summed E-state index contributed by atoms with van der Waals surface area (Å²) in [5.41, 5.74) is 3.17. The summed E-state index contributed by atoms with van der Waals surface area (Å²) in [6.07, 6.45) is 0. The maximum Gasteiger partial charge on any atom is 0.174 e. The number of benzene rings is 3. The van der Waals surface area contributed by atoms with E-state index in [4.69, 9.17) is 21.7 Å². The molecular weight excluding hydrogens is 368 g/mol. The van der Waals surface area contributed by atoms with Crippen LogP contribution in [-0.2, 0) is 13.1 Å². The molecule has 0 amide bonds. The highest BCUT2D eigenvalue weighted by Crippen LogP contribution is 2.29. The van der Waals surface area contributed by atoms with Crippen molar-refractivity contribution in [2.45, 2.75) is 13.1 Å². The molecule has 1 N–H and O–H groups in total. The highest BCUT2D eigenvalue weighted by Gasteiger charge is 2.14. The molecule has 0 saturated heterocycles. The Balaban J connectivity index is 1.83. The van der Waals surface area contributed by atoms with Gasteiger partial charge in [0.05, 0.1) is 19.9 Å². The summed E-state index contributed by atoms with van der Waals surface area (Å²) in [5, 5.41) is 3.95. The molecule has 3 aromatic carbocycles. The topological polar surface area (TPSA) is 33.7 Å². The molecule has 0 saturated carbocycles. The molecule has 0 heterocycles. The predicted octanol–water partition coefficient (Wildman–Crippen LogP) is 5.10. The van der Waals surface area contributed by atoms with Crippen LogP contribution in [0.1, 0.15) is 11.1 Å². The lowest BCUT2D eigenvalue weighted by Gasteiger charge is -2.27. The van der Waals surface area contributed by atoms with Crippen LogP contribution in [0.2, 0.25) is 0 Å². The quantitative estimate of drug-likeness (QED) is 0.566. The van der Waals surface area contributed by atoms with Crippen molar-refractivity contribution in [2.75, 3.05) is 19.5 Å². The van der Waals surface area contributed by atoms with Crippen LogP contribution < -0.4 is 14.8 Å². The van der Waals surface area contributed by atoms with Crippen LogP contribution in [0.4, 0.5) is 5.69 Å². The summed E-state index contributed by atoms with van der Waals surface area (Å²) >= 11 is 5.76. The minimum atomic E-state index is 0.624. The van der Waals surface area contributed by atoms with E-state index in [1.165, 1.54) is 11.1 Å². The van der Waals surface area contributed by atoms with Gasteiger partial charge in [-0.15, -0.1) is 0 Å². The van der Waals surface area contributed by atoms with E-state index in [2.05, 4.69) is 34.5 Å². The standard InChI is InChI=1S/C23H24N2O2S/c1-26-20-13-14-22(27-2)21(15-20)24-23(28)25(16-18-9-5-3-6-10-18)17-19-11-7-4-8-12-19/h3-15H,16-17H2,1-2H3,(H,24,28). The van der Waals surface area contributed by atoms with E-state index in [1.54, 1.807) is 14.2 Å². The van der Waals surface area contributed by atoms with Gasteiger partial charge in [-0.2, -0.15) is 0 Å². The van der Waals surface area contributed by atoms with Gasteiger partial charge < -0.3 is 19.7 Å². The first-order chi connectivity index (χ1) is 13.7. The lowest BCUT2D eigenvalue weighted by molar-refractivity contribution is 0.402. The number of anilines is 1. The number of hydrogen-bond donors (Lipinski definition) is 1. The fourth-order valence-corrected chi connectivity index (χ4v) is 3.15. The normalized spacial score (nSPS) is 10.2. The van der Waals surface area contributed by atoms with E-state index in [-0.39, 0.29) is 0 Å². The largest absolute Gasteiger partial charge is 0.497 e. The third-order valence-corrected chi connectivity index (χ3v) is 4.73. The molecular formula is C23H24N2O2S. The lowest BCUT2D eigenvalue weighted by atomic mass is 10.2. The van der Waals surface area contributed by atoms with Gasteiger partial charge in [-0.05, 0) is 35.5 Å². The molecule has 0 fully saturated rings. The van der Waals surface area contributed by atoms with Crippen molar-refractivity contribution in [3.8, 4) is 11.5 Å². The molecule has 3 rings (SSSR count). The van der Waals surface area contributed by atoms with Crippen LogP contribution >= 0.6 is 12.2 Å². The fourth-order valence-electron chi connectivity index (χ4n) is 2.91. The molecule has 0 atom stereocenters. The molecule has 0 unspecified atom stereocenters. The lowest BCUT2D eigenvalue weighted by Crippen LogP contribution is -2.34. The second-order valence-electron chi connectivity index (χ2n) is 6.32. The SMILES string of the molecule is COc1ccc(OC)c(NC(=S)N(Cc2ccccc2)Cc2ccccc2)c1.